The lowest BCUT2D eigenvalue weighted by atomic mass is 9.90. The molecule has 1 fully saturated rings. The van der Waals surface area contributed by atoms with Gasteiger partial charge in [-0.1, -0.05) is 24.3 Å². The number of nitrogens with one attached hydrogen (secondary N) is 1. The molecular formula is C17H27NO. The van der Waals surface area contributed by atoms with Gasteiger partial charge in [-0.3, -0.25) is 0 Å². The first kappa shape index (κ1) is 14.5. The molecule has 1 aliphatic rings. The van der Waals surface area contributed by atoms with Crippen LogP contribution in [0.5, 0.6) is 0 Å². The number of piperidine rings is 1. The average Bonchev–Trinajstić information content (AvgIpc) is 2.40. The van der Waals surface area contributed by atoms with Crippen molar-refractivity contribution in [3.8, 4) is 0 Å². The van der Waals surface area contributed by atoms with E-state index in [0.717, 1.165) is 12.3 Å². The van der Waals surface area contributed by atoms with Gasteiger partial charge >= 0.3 is 0 Å². The van der Waals surface area contributed by atoms with E-state index >= 15 is 0 Å². The second kappa shape index (κ2) is 6.53. The van der Waals surface area contributed by atoms with E-state index in [9.17, 15) is 0 Å². The van der Waals surface area contributed by atoms with Crippen molar-refractivity contribution < 1.29 is 4.74 Å². The molecule has 1 saturated heterocycles. The number of methoxy groups -OCH3 is 1. The van der Waals surface area contributed by atoms with E-state index in [1.54, 1.807) is 7.11 Å². The maximum absolute atomic E-state index is 5.52. The molecule has 1 unspecified atom stereocenters. The summed E-state index contributed by atoms with van der Waals surface area (Å²) in [6, 6.07) is 9.02. The van der Waals surface area contributed by atoms with Crippen LogP contribution in [0, 0.1) is 5.92 Å². The first-order valence-corrected chi connectivity index (χ1v) is 7.43. The smallest absolute Gasteiger partial charge is 0.0662 e. The predicted octanol–water partition coefficient (Wildman–Crippen LogP) is 3.20. The zero-order chi connectivity index (χ0) is 13.7. The fraction of sp³-hybridized carbons (Fsp3) is 0.647. The van der Waals surface area contributed by atoms with E-state index in [2.05, 4.69) is 43.4 Å². The summed E-state index contributed by atoms with van der Waals surface area (Å²) in [5, 5.41) is 3.50. The molecular weight excluding hydrogens is 234 g/mol. The molecule has 2 heteroatoms. The molecule has 0 saturated carbocycles. The van der Waals surface area contributed by atoms with Crippen LogP contribution in [0.2, 0.25) is 0 Å². The lowest BCUT2D eigenvalue weighted by Gasteiger charge is -2.24. The largest absolute Gasteiger partial charge is 0.378 e. The Balaban J connectivity index is 1.98. The third-order valence-electron chi connectivity index (χ3n) is 4.10. The maximum atomic E-state index is 5.52. The van der Waals surface area contributed by atoms with Crippen LogP contribution >= 0.6 is 0 Å². The van der Waals surface area contributed by atoms with Crippen molar-refractivity contribution in [2.45, 2.75) is 45.1 Å². The molecule has 106 valence electrons. The van der Waals surface area contributed by atoms with Gasteiger partial charge in [0.15, 0.2) is 0 Å². The normalized spacial score (nSPS) is 20.5. The van der Waals surface area contributed by atoms with Crippen molar-refractivity contribution in [1.29, 1.82) is 0 Å². The highest BCUT2D eigenvalue weighted by atomic mass is 16.5. The van der Waals surface area contributed by atoms with E-state index in [4.69, 9.17) is 4.74 Å². The van der Waals surface area contributed by atoms with Gasteiger partial charge < -0.3 is 10.1 Å². The van der Waals surface area contributed by atoms with Crippen LogP contribution in [0.25, 0.3) is 0 Å². The van der Waals surface area contributed by atoms with Crippen molar-refractivity contribution in [3.63, 3.8) is 0 Å². The highest BCUT2D eigenvalue weighted by Crippen LogP contribution is 2.20. The van der Waals surface area contributed by atoms with Crippen LogP contribution in [0.4, 0.5) is 0 Å². The second-order valence-corrected chi connectivity index (χ2v) is 6.38. The lowest BCUT2D eigenvalue weighted by molar-refractivity contribution is 0.0232. The van der Waals surface area contributed by atoms with Gasteiger partial charge in [0, 0.05) is 13.5 Å². The summed E-state index contributed by atoms with van der Waals surface area (Å²) >= 11 is 0. The summed E-state index contributed by atoms with van der Waals surface area (Å²) in [4.78, 5) is 0. The molecule has 0 radical (unpaired) electrons. The van der Waals surface area contributed by atoms with Crippen molar-refractivity contribution in [3.05, 3.63) is 35.4 Å². The maximum Gasteiger partial charge on any atom is 0.0662 e. The SMILES string of the molecule is COC(C)(C)Cc1cccc(CC2CCCNC2)c1. The summed E-state index contributed by atoms with van der Waals surface area (Å²) < 4.78 is 5.52. The number of ether oxygens (including phenoxy) is 1. The van der Waals surface area contributed by atoms with E-state index in [1.807, 2.05) is 0 Å². The Bertz CT molecular complexity index is 394. The van der Waals surface area contributed by atoms with Gasteiger partial charge in [-0.15, -0.1) is 0 Å². The van der Waals surface area contributed by atoms with Crippen molar-refractivity contribution in [2.24, 2.45) is 5.92 Å². The Hall–Kier alpha value is -0.860. The Labute approximate surface area is 117 Å². The van der Waals surface area contributed by atoms with Crippen molar-refractivity contribution in [1.82, 2.24) is 5.32 Å². The Morgan fingerprint density at radius 1 is 1.32 bits per heavy atom. The van der Waals surface area contributed by atoms with E-state index in [-0.39, 0.29) is 5.60 Å². The molecule has 0 aromatic heterocycles. The van der Waals surface area contributed by atoms with Gasteiger partial charge in [-0.2, -0.15) is 0 Å². The predicted molar refractivity (Wildman–Crippen MR) is 80.5 cm³/mol. The fourth-order valence-corrected chi connectivity index (χ4v) is 2.86. The second-order valence-electron chi connectivity index (χ2n) is 6.38. The van der Waals surface area contributed by atoms with Gasteiger partial charge in [-0.25, -0.2) is 0 Å². The number of rotatable bonds is 5. The van der Waals surface area contributed by atoms with Crippen LogP contribution < -0.4 is 5.32 Å². The third-order valence-corrected chi connectivity index (χ3v) is 4.10. The zero-order valence-corrected chi connectivity index (χ0v) is 12.5. The molecule has 2 rings (SSSR count). The van der Waals surface area contributed by atoms with Crippen molar-refractivity contribution >= 4 is 0 Å². The Morgan fingerprint density at radius 3 is 2.79 bits per heavy atom. The van der Waals surface area contributed by atoms with Gasteiger partial charge in [0.05, 0.1) is 5.60 Å². The van der Waals surface area contributed by atoms with Crippen LogP contribution in [0.3, 0.4) is 0 Å². The monoisotopic (exact) mass is 261 g/mol. The standard InChI is InChI=1S/C17H27NO/c1-17(2,19-3)12-15-7-4-6-14(10-15)11-16-8-5-9-18-13-16/h4,6-7,10,16,18H,5,8-9,11-13H2,1-3H3. The third kappa shape index (κ3) is 4.63. The van der Waals surface area contributed by atoms with Crippen LogP contribution in [-0.4, -0.2) is 25.8 Å². The minimum atomic E-state index is -0.0784. The quantitative estimate of drug-likeness (QED) is 0.879. The van der Waals surface area contributed by atoms with E-state index in [1.165, 1.54) is 43.5 Å². The van der Waals surface area contributed by atoms with Crippen LogP contribution in [-0.2, 0) is 17.6 Å². The molecule has 0 spiro atoms. The molecule has 1 atom stereocenters. The first-order chi connectivity index (χ1) is 9.09. The summed E-state index contributed by atoms with van der Waals surface area (Å²) in [5.41, 5.74) is 2.77. The molecule has 1 aromatic rings. The van der Waals surface area contributed by atoms with Gasteiger partial charge in [0.1, 0.15) is 0 Å². The molecule has 1 aromatic carbocycles. The minimum Gasteiger partial charge on any atom is -0.378 e. The summed E-state index contributed by atoms with van der Waals surface area (Å²) in [6.45, 7) is 6.65. The average molecular weight is 261 g/mol. The topological polar surface area (TPSA) is 21.3 Å². The fourth-order valence-electron chi connectivity index (χ4n) is 2.86. The van der Waals surface area contributed by atoms with Crippen LogP contribution in [0.1, 0.15) is 37.8 Å². The highest BCUT2D eigenvalue weighted by molar-refractivity contribution is 5.25. The van der Waals surface area contributed by atoms with Crippen LogP contribution in [0.15, 0.2) is 24.3 Å². The first-order valence-electron chi connectivity index (χ1n) is 7.43. The van der Waals surface area contributed by atoms with Gasteiger partial charge in [-0.05, 0) is 63.2 Å². The number of benzene rings is 1. The molecule has 19 heavy (non-hydrogen) atoms. The summed E-state index contributed by atoms with van der Waals surface area (Å²) in [7, 11) is 1.79. The number of hydrogen-bond acceptors (Lipinski definition) is 2. The molecule has 0 aliphatic carbocycles. The molecule has 1 N–H and O–H groups in total. The van der Waals surface area contributed by atoms with Gasteiger partial charge in [0.25, 0.3) is 0 Å². The molecule has 1 aliphatic heterocycles. The lowest BCUT2D eigenvalue weighted by Crippen LogP contribution is -2.30. The number of hydrogen-bond donors (Lipinski definition) is 1. The minimum absolute atomic E-state index is 0.0784. The van der Waals surface area contributed by atoms with E-state index < -0.39 is 0 Å². The molecule has 2 nitrogen and oxygen atoms in total. The Kier molecular flexibility index (Phi) is 5.00. The Morgan fingerprint density at radius 2 is 2.11 bits per heavy atom. The van der Waals surface area contributed by atoms with E-state index in [0.29, 0.717) is 0 Å². The van der Waals surface area contributed by atoms with Gasteiger partial charge in [0.2, 0.25) is 0 Å². The molecule has 0 amide bonds. The molecule has 1 heterocycles. The van der Waals surface area contributed by atoms with Crippen molar-refractivity contribution in [2.75, 3.05) is 20.2 Å². The summed E-state index contributed by atoms with van der Waals surface area (Å²) in [5.74, 6) is 0.805. The highest BCUT2D eigenvalue weighted by Gasteiger charge is 2.18. The summed E-state index contributed by atoms with van der Waals surface area (Å²) in [6.07, 6.45) is 4.86. The zero-order valence-electron chi connectivity index (χ0n) is 12.5. The molecule has 0 bridgehead atoms.